The number of nitrogen functional groups attached to an aromatic ring is 1. The van der Waals surface area contributed by atoms with Gasteiger partial charge in [0.05, 0.1) is 30.7 Å². The smallest absolute Gasteiger partial charge is 0.132 e. The van der Waals surface area contributed by atoms with E-state index in [1.165, 1.54) is 6.33 Å². The number of aliphatic hydroxyl groups is 1. The number of benzene rings is 1. The molecule has 0 spiro atoms. The van der Waals surface area contributed by atoms with Crippen molar-refractivity contribution in [1.29, 1.82) is 5.41 Å². The third kappa shape index (κ3) is 3.93. The van der Waals surface area contributed by atoms with Gasteiger partial charge >= 0.3 is 0 Å². The molecule has 28 heavy (non-hydrogen) atoms. The van der Waals surface area contributed by atoms with Gasteiger partial charge < -0.3 is 25.2 Å². The van der Waals surface area contributed by atoms with Crippen LogP contribution in [0.1, 0.15) is 31.0 Å². The van der Waals surface area contributed by atoms with Gasteiger partial charge in [0.1, 0.15) is 23.5 Å². The molecule has 1 aromatic carbocycles. The number of nitrogens with one attached hydrogen (secondary N) is 1. The number of morpholine rings is 1. The van der Waals surface area contributed by atoms with Crippen molar-refractivity contribution in [2.75, 3.05) is 36.9 Å². The van der Waals surface area contributed by atoms with E-state index in [1.54, 1.807) is 18.2 Å². The van der Waals surface area contributed by atoms with Gasteiger partial charge in [-0.15, -0.1) is 0 Å². The molecule has 2 heterocycles. The van der Waals surface area contributed by atoms with Crippen LogP contribution in [0.25, 0.3) is 0 Å². The lowest BCUT2D eigenvalue weighted by molar-refractivity contribution is 0.00335. The molecular formula is C20H25N5O3. The van der Waals surface area contributed by atoms with Crippen LogP contribution in [0.4, 0.5) is 11.5 Å². The van der Waals surface area contributed by atoms with Gasteiger partial charge in [0.2, 0.25) is 0 Å². The lowest BCUT2D eigenvalue weighted by atomic mass is 10.0. The standard InChI is InChI=1S/C20H25N5O3/c1-20(4-5-20)28-13-2-3-16(21)15(8-13)19(22)17-9-18(24-12-23-17)25-6-7-27-14(10-25)11-26/h2-3,8-9,12,14,22,26H,4-7,10-11,21H2,1H3/t14-/m0/s1. The first kappa shape index (κ1) is 18.6. The highest BCUT2D eigenvalue weighted by Crippen LogP contribution is 2.40. The van der Waals surface area contributed by atoms with Crippen LogP contribution in [0.3, 0.4) is 0 Å². The fourth-order valence-corrected chi connectivity index (χ4v) is 3.21. The predicted molar refractivity (Wildman–Crippen MR) is 106 cm³/mol. The average Bonchev–Trinajstić information content (AvgIpc) is 3.45. The van der Waals surface area contributed by atoms with Gasteiger partial charge in [0.15, 0.2) is 0 Å². The second-order valence-corrected chi connectivity index (χ2v) is 7.56. The van der Waals surface area contributed by atoms with Crippen molar-refractivity contribution < 1.29 is 14.6 Å². The molecule has 2 aliphatic rings. The van der Waals surface area contributed by atoms with Crippen LogP contribution in [0.5, 0.6) is 5.75 Å². The first-order valence-electron chi connectivity index (χ1n) is 9.45. The number of ether oxygens (including phenoxy) is 2. The Kier molecular flexibility index (Phi) is 4.91. The zero-order valence-electron chi connectivity index (χ0n) is 15.9. The zero-order chi connectivity index (χ0) is 19.7. The van der Waals surface area contributed by atoms with Gasteiger partial charge in [-0.3, -0.25) is 5.41 Å². The van der Waals surface area contributed by atoms with Gasteiger partial charge in [0.25, 0.3) is 0 Å². The molecule has 8 heteroatoms. The fraction of sp³-hybridized carbons (Fsp3) is 0.450. The first-order chi connectivity index (χ1) is 13.5. The second kappa shape index (κ2) is 7.37. The van der Waals surface area contributed by atoms with Crippen LogP contribution in [-0.2, 0) is 4.74 Å². The number of nitrogens with two attached hydrogens (primary N) is 1. The van der Waals surface area contributed by atoms with E-state index in [2.05, 4.69) is 16.9 Å². The Balaban J connectivity index is 1.57. The summed E-state index contributed by atoms with van der Waals surface area (Å²) in [6.45, 7) is 3.78. The highest BCUT2D eigenvalue weighted by molar-refractivity contribution is 6.13. The second-order valence-electron chi connectivity index (χ2n) is 7.56. The molecule has 1 atom stereocenters. The van der Waals surface area contributed by atoms with Crippen LogP contribution >= 0.6 is 0 Å². The van der Waals surface area contributed by atoms with E-state index in [4.69, 9.17) is 20.6 Å². The van der Waals surface area contributed by atoms with Crippen molar-refractivity contribution in [2.45, 2.75) is 31.5 Å². The zero-order valence-corrected chi connectivity index (χ0v) is 15.9. The molecule has 4 N–H and O–H groups in total. The van der Waals surface area contributed by atoms with Gasteiger partial charge in [-0.2, -0.15) is 0 Å². The Bertz CT molecular complexity index is 884. The maximum absolute atomic E-state index is 9.34. The van der Waals surface area contributed by atoms with Crippen LogP contribution in [0.15, 0.2) is 30.6 Å². The monoisotopic (exact) mass is 383 g/mol. The molecule has 1 aliphatic heterocycles. The van der Waals surface area contributed by atoms with Gasteiger partial charge in [-0.25, -0.2) is 9.97 Å². The summed E-state index contributed by atoms with van der Waals surface area (Å²) in [4.78, 5) is 10.6. The topological polar surface area (TPSA) is 118 Å². The molecule has 148 valence electrons. The molecule has 1 aliphatic carbocycles. The van der Waals surface area contributed by atoms with E-state index in [1.807, 2.05) is 11.0 Å². The molecule has 1 aromatic heterocycles. The molecule has 2 aromatic rings. The van der Waals surface area contributed by atoms with Gasteiger partial charge in [-0.05, 0) is 38.0 Å². The molecule has 8 nitrogen and oxygen atoms in total. The number of nitrogens with zero attached hydrogens (tertiary/aromatic N) is 3. The fourth-order valence-electron chi connectivity index (χ4n) is 3.21. The number of hydrogen-bond donors (Lipinski definition) is 3. The molecule has 2 fully saturated rings. The Morgan fingerprint density at radius 1 is 1.39 bits per heavy atom. The minimum atomic E-state index is -0.236. The minimum absolute atomic E-state index is 0.0352. The maximum Gasteiger partial charge on any atom is 0.132 e. The van der Waals surface area contributed by atoms with Gasteiger partial charge in [0, 0.05) is 30.4 Å². The third-order valence-corrected chi connectivity index (χ3v) is 5.19. The van der Waals surface area contributed by atoms with Crippen molar-refractivity contribution in [3.63, 3.8) is 0 Å². The summed E-state index contributed by atoms with van der Waals surface area (Å²) in [5.41, 5.74) is 7.83. The third-order valence-electron chi connectivity index (χ3n) is 5.19. The molecule has 0 radical (unpaired) electrons. The molecule has 1 saturated heterocycles. The summed E-state index contributed by atoms with van der Waals surface area (Å²) in [5.74, 6) is 1.41. The van der Waals surface area contributed by atoms with Crippen molar-refractivity contribution >= 4 is 17.2 Å². The Hall–Kier alpha value is -2.71. The minimum Gasteiger partial charge on any atom is -0.488 e. The number of rotatable bonds is 6. The lowest BCUT2D eigenvalue weighted by Crippen LogP contribution is -2.44. The summed E-state index contributed by atoms with van der Waals surface area (Å²) in [6, 6.07) is 7.18. The summed E-state index contributed by atoms with van der Waals surface area (Å²) in [7, 11) is 0. The van der Waals surface area contributed by atoms with Crippen molar-refractivity contribution in [3.05, 3.63) is 41.9 Å². The predicted octanol–water partition coefficient (Wildman–Crippen LogP) is 1.60. The van der Waals surface area contributed by atoms with E-state index in [9.17, 15) is 5.11 Å². The van der Waals surface area contributed by atoms with Crippen molar-refractivity contribution in [1.82, 2.24) is 9.97 Å². The van der Waals surface area contributed by atoms with Gasteiger partial charge in [-0.1, -0.05) is 0 Å². The van der Waals surface area contributed by atoms with Crippen LogP contribution in [0.2, 0.25) is 0 Å². The summed E-state index contributed by atoms with van der Waals surface area (Å²) >= 11 is 0. The van der Waals surface area contributed by atoms with E-state index >= 15 is 0 Å². The van der Waals surface area contributed by atoms with E-state index in [-0.39, 0.29) is 24.0 Å². The number of anilines is 2. The number of aromatic nitrogens is 2. The number of aliphatic hydroxyl groups excluding tert-OH is 1. The van der Waals surface area contributed by atoms with E-state index in [0.29, 0.717) is 48.2 Å². The highest BCUT2D eigenvalue weighted by Gasteiger charge is 2.40. The molecule has 0 amide bonds. The highest BCUT2D eigenvalue weighted by atomic mass is 16.5. The Morgan fingerprint density at radius 3 is 2.96 bits per heavy atom. The average molecular weight is 383 g/mol. The summed E-state index contributed by atoms with van der Waals surface area (Å²) in [5, 5.41) is 18.0. The SMILES string of the molecule is CC1(Oc2ccc(N)c(C(=N)c3cc(N4CCO[C@H](CO)C4)ncn3)c2)CC1. The lowest BCUT2D eigenvalue weighted by Gasteiger charge is -2.32. The Morgan fingerprint density at radius 2 is 2.21 bits per heavy atom. The van der Waals surface area contributed by atoms with E-state index < -0.39 is 0 Å². The number of hydrogen-bond acceptors (Lipinski definition) is 8. The Labute approximate surface area is 163 Å². The molecule has 4 rings (SSSR count). The molecule has 0 bridgehead atoms. The quantitative estimate of drug-likeness (QED) is 0.512. The normalized spacial score (nSPS) is 20.6. The molecular weight excluding hydrogens is 358 g/mol. The summed E-state index contributed by atoms with van der Waals surface area (Å²) in [6.07, 6.45) is 3.28. The maximum atomic E-state index is 9.34. The van der Waals surface area contributed by atoms with Crippen LogP contribution < -0.4 is 15.4 Å². The van der Waals surface area contributed by atoms with Crippen LogP contribution in [0, 0.1) is 5.41 Å². The largest absolute Gasteiger partial charge is 0.488 e. The molecule has 0 unspecified atom stereocenters. The van der Waals surface area contributed by atoms with Crippen molar-refractivity contribution in [2.24, 2.45) is 0 Å². The van der Waals surface area contributed by atoms with E-state index in [0.717, 1.165) is 12.8 Å². The summed E-state index contributed by atoms with van der Waals surface area (Å²) < 4.78 is 11.5. The molecule has 1 saturated carbocycles. The van der Waals surface area contributed by atoms with Crippen molar-refractivity contribution in [3.8, 4) is 5.75 Å². The van der Waals surface area contributed by atoms with Crippen LogP contribution in [-0.4, -0.2) is 58.8 Å². The first-order valence-corrected chi connectivity index (χ1v) is 9.45.